The maximum Gasteiger partial charge on any atom is 0.0573 e. The summed E-state index contributed by atoms with van der Waals surface area (Å²) in [5.41, 5.74) is 7.88. The molecule has 0 aromatic rings. The van der Waals surface area contributed by atoms with Crippen LogP contribution in [0.3, 0.4) is 0 Å². The summed E-state index contributed by atoms with van der Waals surface area (Å²) in [7, 11) is 0. The Balaban J connectivity index is 1.74. The van der Waals surface area contributed by atoms with Crippen LogP contribution in [0.2, 0.25) is 0 Å². The molecule has 96 valence electrons. The molecule has 0 radical (unpaired) electrons. The molecule has 1 fully saturated rings. The van der Waals surface area contributed by atoms with Crippen molar-refractivity contribution < 1.29 is 0 Å². The van der Waals surface area contributed by atoms with Gasteiger partial charge in [-0.3, -0.25) is 4.99 Å². The summed E-state index contributed by atoms with van der Waals surface area (Å²) in [5.74, 6) is 1.44. The van der Waals surface area contributed by atoms with Gasteiger partial charge >= 0.3 is 0 Å². The predicted molar refractivity (Wildman–Crippen MR) is 73.2 cm³/mol. The van der Waals surface area contributed by atoms with Gasteiger partial charge in [-0.2, -0.15) is 0 Å². The first-order chi connectivity index (χ1) is 8.29. The second-order valence-corrected chi connectivity index (χ2v) is 5.44. The number of aliphatic imine (C=N–C) groups is 1. The first-order valence-corrected chi connectivity index (χ1v) is 6.96. The van der Waals surface area contributed by atoms with Crippen LogP contribution in [-0.2, 0) is 0 Å². The van der Waals surface area contributed by atoms with E-state index in [1.807, 2.05) is 0 Å². The van der Waals surface area contributed by atoms with Gasteiger partial charge in [0.1, 0.15) is 0 Å². The fourth-order valence-corrected chi connectivity index (χ4v) is 2.77. The highest BCUT2D eigenvalue weighted by Crippen LogP contribution is 2.24. The molecule has 1 aliphatic carbocycles. The molecule has 1 aliphatic heterocycles. The Morgan fingerprint density at radius 2 is 2.06 bits per heavy atom. The average molecular weight is 235 g/mol. The van der Waals surface area contributed by atoms with Crippen molar-refractivity contribution in [2.75, 3.05) is 19.6 Å². The van der Waals surface area contributed by atoms with Crippen molar-refractivity contribution in [1.29, 1.82) is 0 Å². The summed E-state index contributed by atoms with van der Waals surface area (Å²) in [6.07, 6.45) is 7.76. The van der Waals surface area contributed by atoms with Gasteiger partial charge < -0.3 is 11.1 Å². The topological polar surface area (TPSA) is 50.4 Å². The molecule has 3 nitrogen and oxygen atoms in total. The van der Waals surface area contributed by atoms with Crippen LogP contribution in [-0.4, -0.2) is 25.3 Å². The molecule has 1 heterocycles. The van der Waals surface area contributed by atoms with E-state index >= 15 is 0 Å². The van der Waals surface area contributed by atoms with E-state index in [1.165, 1.54) is 37.8 Å². The van der Waals surface area contributed by atoms with E-state index in [9.17, 15) is 0 Å². The van der Waals surface area contributed by atoms with Crippen molar-refractivity contribution in [2.24, 2.45) is 22.6 Å². The second kappa shape index (κ2) is 6.20. The van der Waals surface area contributed by atoms with Crippen LogP contribution in [0.1, 0.15) is 38.5 Å². The molecule has 2 rings (SSSR count). The number of allylic oxidation sites excluding steroid dienone is 1. The van der Waals surface area contributed by atoms with Crippen LogP contribution in [0.4, 0.5) is 0 Å². The Morgan fingerprint density at radius 1 is 1.29 bits per heavy atom. The van der Waals surface area contributed by atoms with Crippen molar-refractivity contribution in [3.05, 3.63) is 12.3 Å². The Morgan fingerprint density at radius 3 is 2.65 bits per heavy atom. The molecule has 0 aromatic carbocycles. The number of hydrogen-bond donors (Lipinski definition) is 2. The fraction of sp³-hybridized carbons (Fsp3) is 0.786. The van der Waals surface area contributed by atoms with E-state index in [0.29, 0.717) is 5.92 Å². The molecule has 1 atom stereocenters. The number of hydrogen-bond acceptors (Lipinski definition) is 3. The summed E-state index contributed by atoms with van der Waals surface area (Å²) >= 11 is 0. The van der Waals surface area contributed by atoms with Gasteiger partial charge in [0.05, 0.1) is 5.71 Å². The minimum Gasteiger partial charge on any atom is -0.384 e. The van der Waals surface area contributed by atoms with E-state index in [4.69, 9.17) is 5.73 Å². The van der Waals surface area contributed by atoms with Gasteiger partial charge in [-0.05, 0) is 44.1 Å². The summed E-state index contributed by atoms with van der Waals surface area (Å²) in [4.78, 5) is 4.60. The Bertz CT molecular complexity index is 290. The standard InChI is InChI=1S/C14H25N3/c1-11(16-9-12-4-2-3-5-12)14-7-6-13(8-15)10-17-14/h12-13,16H,1-10,15H2. The quantitative estimate of drug-likeness (QED) is 0.766. The molecule has 0 saturated heterocycles. The largest absolute Gasteiger partial charge is 0.384 e. The zero-order valence-electron chi connectivity index (χ0n) is 10.8. The summed E-state index contributed by atoms with van der Waals surface area (Å²) in [6, 6.07) is 0. The lowest BCUT2D eigenvalue weighted by Crippen LogP contribution is -2.29. The van der Waals surface area contributed by atoms with E-state index in [2.05, 4.69) is 16.9 Å². The third-order valence-electron chi connectivity index (χ3n) is 4.09. The highest BCUT2D eigenvalue weighted by molar-refractivity contribution is 5.99. The van der Waals surface area contributed by atoms with Crippen LogP contribution >= 0.6 is 0 Å². The highest BCUT2D eigenvalue weighted by atomic mass is 14.9. The van der Waals surface area contributed by atoms with Crippen molar-refractivity contribution in [3.8, 4) is 0 Å². The molecule has 0 spiro atoms. The molecule has 3 N–H and O–H groups in total. The molecule has 3 heteroatoms. The first-order valence-electron chi connectivity index (χ1n) is 6.96. The van der Waals surface area contributed by atoms with E-state index in [0.717, 1.165) is 37.7 Å². The normalized spacial score (nSPS) is 25.7. The Labute approximate surface area is 105 Å². The highest BCUT2D eigenvalue weighted by Gasteiger charge is 2.18. The third-order valence-corrected chi connectivity index (χ3v) is 4.09. The van der Waals surface area contributed by atoms with E-state index in [1.54, 1.807) is 0 Å². The SMILES string of the molecule is C=C(NCC1CCCC1)C1=NCC(CN)CC1. The molecule has 1 saturated carbocycles. The third kappa shape index (κ3) is 3.56. The van der Waals surface area contributed by atoms with Crippen molar-refractivity contribution in [2.45, 2.75) is 38.5 Å². The average Bonchev–Trinajstić information content (AvgIpc) is 2.89. The van der Waals surface area contributed by atoms with Crippen molar-refractivity contribution in [3.63, 3.8) is 0 Å². The lowest BCUT2D eigenvalue weighted by molar-refractivity contribution is 0.496. The van der Waals surface area contributed by atoms with E-state index < -0.39 is 0 Å². The van der Waals surface area contributed by atoms with Gasteiger partial charge in [-0.1, -0.05) is 19.4 Å². The van der Waals surface area contributed by atoms with Crippen molar-refractivity contribution in [1.82, 2.24) is 5.32 Å². The number of nitrogens with one attached hydrogen (secondary N) is 1. The van der Waals surface area contributed by atoms with Gasteiger partial charge in [0.25, 0.3) is 0 Å². The molecule has 17 heavy (non-hydrogen) atoms. The van der Waals surface area contributed by atoms with Gasteiger partial charge in [0.2, 0.25) is 0 Å². The maximum atomic E-state index is 5.66. The van der Waals surface area contributed by atoms with Gasteiger partial charge in [0, 0.05) is 18.8 Å². The molecular formula is C14H25N3. The van der Waals surface area contributed by atoms with Crippen LogP contribution in [0.25, 0.3) is 0 Å². The van der Waals surface area contributed by atoms with Gasteiger partial charge in [-0.15, -0.1) is 0 Å². The minimum absolute atomic E-state index is 0.585. The molecule has 0 bridgehead atoms. The van der Waals surface area contributed by atoms with Gasteiger partial charge in [-0.25, -0.2) is 0 Å². The number of nitrogens with zero attached hydrogens (tertiary/aromatic N) is 1. The maximum absolute atomic E-state index is 5.66. The van der Waals surface area contributed by atoms with Crippen molar-refractivity contribution >= 4 is 5.71 Å². The minimum atomic E-state index is 0.585. The molecular weight excluding hydrogens is 210 g/mol. The molecule has 0 aromatic heterocycles. The predicted octanol–water partition coefficient (Wildman–Crippen LogP) is 2.09. The lowest BCUT2D eigenvalue weighted by Gasteiger charge is -2.22. The summed E-state index contributed by atoms with van der Waals surface area (Å²) in [6.45, 7) is 6.85. The fourth-order valence-electron chi connectivity index (χ4n) is 2.77. The molecule has 2 aliphatic rings. The zero-order valence-corrected chi connectivity index (χ0v) is 10.8. The lowest BCUT2D eigenvalue weighted by atomic mass is 9.97. The smallest absolute Gasteiger partial charge is 0.0573 e. The summed E-state index contributed by atoms with van der Waals surface area (Å²) in [5, 5.41) is 3.47. The van der Waals surface area contributed by atoms with Crippen LogP contribution in [0, 0.1) is 11.8 Å². The summed E-state index contributed by atoms with van der Waals surface area (Å²) < 4.78 is 0. The molecule has 1 unspecified atom stereocenters. The second-order valence-electron chi connectivity index (χ2n) is 5.44. The monoisotopic (exact) mass is 235 g/mol. The zero-order chi connectivity index (χ0) is 12.1. The Kier molecular flexibility index (Phi) is 4.60. The van der Waals surface area contributed by atoms with E-state index in [-0.39, 0.29) is 0 Å². The first kappa shape index (κ1) is 12.6. The number of nitrogens with two attached hydrogens (primary N) is 1. The van der Waals surface area contributed by atoms with Gasteiger partial charge in [0.15, 0.2) is 0 Å². The number of rotatable bonds is 5. The van der Waals surface area contributed by atoms with Crippen LogP contribution in [0.15, 0.2) is 17.3 Å². The Hall–Kier alpha value is -0.830. The van der Waals surface area contributed by atoms with Crippen LogP contribution in [0.5, 0.6) is 0 Å². The molecule has 0 amide bonds. The van der Waals surface area contributed by atoms with Crippen LogP contribution < -0.4 is 11.1 Å².